The zero-order chi connectivity index (χ0) is 23.4. The van der Waals surface area contributed by atoms with Crippen molar-refractivity contribution in [3.05, 3.63) is 100 Å². The van der Waals surface area contributed by atoms with Gasteiger partial charge in [0, 0.05) is 5.75 Å². The van der Waals surface area contributed by atoms with Gasteiger partial charge in [0.1, 0.15) is 5.75 Å². The van der Waals surface area contributed by atoms with Gasteiger partial charge < -0.3 is 4.74 Å². The molecule has 33 heavy (non-hydrogen) atoms. The fourth-order valence-electron chi connectivity index (χ4n) is 3.54. The van der Waals surface area contributed by atoms with Gasteiger partial charge in [-0.2, -0.15) is 0 Å². The maximum atomic E-state index is 13.5. The third kappa shape index (κ3) is 5.20. The van der Waals surface area contributed by atoms with Crippen molar-refractivity contribution >= 4 is 34.8 Å². The first-order valence-corrected chi connectivity index (χ1v) is 12.0. The van der Waals surface area contributed by atoms with Gasteiger partial charge in [0.25, 0.3) is 11.8 Å². The molecule has 4 rings (SSSR count). The molecule has 3 aromatic carbocycles. The monoisotopic (exact) mass is 457 g/mol. The number of rotatable bonds is 8. The Bertz CT molecular complexity index is 1170. The molecule has 1 aliphatic heterocycles. The van der Waals surface area contributed by atoms with E-state index in [0.717, 1.165) is 22.4 Å². The van der Waals surface area contributed by atoms with Gasteiger partial charge in [-0.3, -0.25) is 9.59 Å². The number of anilines is 1. The molecule has 2 amide bonds. The predicted molar refractivity (Wildman–Crippen MR) is 135 cm³/mol. The van der Waals surface area contributed by atoms with Crippen LogP contribution in [0, 0.1) is 12.8 Å². The van der Waals surface area contributed by atoms with Crippen LogP contribution in [0.1, 0.15) is 30.5 Å². The van der Waals surface area contributed by atoms with Crippen molar-refractivity contribution in [1.82, 2.24) is 0 Å². The lowest BCUT2D eigenvalue weighted by atomic mass is 10.1. The predicted octanol–water partition coefficient (Wildman–Crippen LogP) is 6.25. The second kappa shape index (κ2) is 10.1. The van der Waals surface area contributed by atoms with Crippen LogP contribution in [-0.2, 0) is 15.3 Å². The number of thioether (sulfide) groups is 1. The first kappa shape index (κ1) is 22.9. The number of carbonyl (C=O) groups excluding carboxylic acids is 2. The van der Waals surface area contributed by atoms with E-state index in [1.165, 1.54) is 16.7 Å². The molecule has 0 saturated heterocycles. The van der Waals surface area contributed by atoms with Crippen LogP contribution < -0.4 is 9.64 Å². The summed E-state index contributed by atoms with van der Waals surface area (Å²) in [5, 5.41) is 0. The fraction of sp³-hybridized carbons (Fsp3) is 0.214. The average Bonchev–Trinajstić information content (AvgIpc) is 3.07. The lowest BCUT2D eigenvalue weighted by molar-refractivity contribution is -0.119. The Morgan fingerprint density at radius 1 is 0.848 bits per heavy atom. The van der Waals surface area contributed by atoms with E-state index in [2.05, 4.69) is 13.8 Å². The molecule has 0 aliphatic carbocycles. The zero-order valence-corrected chi connectivity index (χ0v) is 19.9. The topological polar surface area (TPSA) is 46.6 Å². The summed E-state index contributed by atoms with van der Waals surface area (Å²) in [5.41, 5.74) is 3.91. The van der Waals surface area contributed by atoms with E-state index in [-0.39, 0.29) is 11.8 Å². The number of imide groups is 1. The summed E-state index contributed by atoms with van der Waals surface area (Å²) in [6.07, 6.45) is 0. The molecule has 0 spiro atoms. The number of ether oxygens (including phenoxy) is 1. The van der Waals surface area contributed by atoms with Gasteiger partial charge in [-0.15, -0.1) is 11.8 Å². The Balaban J connectivity index is 1.67. The van der Waals surface area contributed by atoms with Crippen LogP contribution in [0.5, 0.6) is 5.75 Å². The second-order valence-electron chi connectivity index (χ2n) is 8.49. The van der Waals surface area contributed by atoms with Gasteiger partial charge in [-0.25, -0.2) is 4.90 Å². The molecule has 3 aromatic rings. The number of amides is 2. The van der Waals surface area contributed by atoms with E-state index in [4.69, 9.17) is 4.74 Å². The van der Waals surface area contributed by atoms with Gasteiger partial charge in [0.05, 0.1) is 22.8 Å². The smallest absolute Gasteiger partial charge is 0.272 e. The second-order valence-corrected chi connectivity index (χ2v) is 9.47. The molecule has 0 unspecified atom stereocenters. The normalized spacial score (nSPS) is 13.9. The van der Waals surface area contributed by atoms with Crippen LogP contribution in [0.2, 0.25) is 0 Å². The summed E-state index contributed by atoms with van der Waals surface area (Å²) in [5.74, 6) is 1.20. The molecule has 1 aliphatic rings. The van der Waals surface area contributed by atoms with E-state index in [1.807, 2.05) is 85.8 Å². The Morgan fingerprint density at radius 2 is 1.52 bits per heavy atom. The highest BCUT2D eigenvalue weighted by Crippen LogP contribution is 2.40. The molecule has 0 radical (unpaired) electrons. The maximum absolute atomic E-state index is 13.5. The Kier molecular flexibility index (Phi) is 6.99. The summed E-state index contributed by atoms with van der Waals surface area (Å²) < 4.78 is 5.78. The summed E-state index contributed by atoms with van der Waals surface area (Å²) in [6, 6.07) is 24.8. The Labute approximate surface area is 199 Å². The van der Waals surface area contributed by atoms with Crippen molar-refractivity contribution in [3.8, 4) is 5.75 Å². The molecule has 1 heterocycles. The van der Waals surface area contributed by atoms with Gasteiger partial charge in [-0.05, 0) is 48.2 Å². The van der Waals surface area contributed by atoms with Crippen LogP contribution in [0.15, 0.2) is 83.8 Å². The van der Waals surface area contributed by atoms with E-state index in [0.29, 0.717) is 34.4 Å². The van der Waals surface area contributed by atoms with Crippen molar-refractivity contribution in [2.75, 3.05) is 11.5 Å². The first-order chi connectivity index (χ1) is 15.9. The van der Waals surface area contributed by atoms with Crippen LogP contribution in [0.4, 0.5) is 5.69 Å². The minimum atomic E-state index is -0.296. The standard InChI is InChI=1S/C28H27NO3S/c1-19(2)17-32-24-15-11-22(12-16-24)25-26(33-18-21-7-5-4-6-8-21)28(31)29(27(25)30)23-13-9-20(3)10-14-23/h4-16,19H,17-18H2,1-3H3. The maximum Gasteiger partial charge on any atom is 0.272 e. The fourth-order valence-corrected chi connectivity index (χ4v) is 4.60. The molecule has 0 saturated carbocycles. The van der Waals surface area contributed by atoms with E-state index in [1.54, 1.807) is 0 Å². The molecule has 168 valence electrons. The lowest BCUT2D eigenvalue weighted by Gasteiger charge is -2.15. The van der Waals surface area contributed by atoms with Crippen molar-refractivity contribution < 1.29 is 14.3 Å². The highest BCUT2D eigenvalue weighted by atomic mass is 32.2. The first-order valence-electron chi connectivity index (χ1n) is 11.0. The number of benzene rings is 3. The third-order valence-corrected chi connectivity index (χ3v) is 6.43. The molecular formula is C28H27NO3S. The Hall–Kier alpha value is -3.31. The van der Waals surface area contributed by atoms with E-state index in [9.17, 15) is 9.59 Å². The largest absolute Gasteiger partial charge is 0.493 e. The van der Waals surface area contributed by atoms with Gasteiger partial charge in [-0.1, -0.05) is 74.0 Å². The summed E-state index contributed by atoms with van der Waals surface area (Å²) in [7, 11) is 0. The molecule has 0 N–H and O–H groups in total. The van der Waals surface area contributed by atoms with Gasteiger partial charge >= 0.3 is 0 Å². The number of hydrogen-bond donors (Lipinski definition) is 0. The van der Waals surface area contributed by atoms with Crippen LogP contribution in [0.3, 0.4) is 0 Å². The highest BCUT2D eigenvalue weighted by molar-refractivity contribution is 8.03. The van der Waals surface area contributed by atoms with Crippen molar-refractivity contribution in [2.24, 2.45) is 5.92 Å². The third-order valence-electron chi connectivity index (χ3n) is 5.29. The molecule has 0 aromatic heterocycles. The number of carbonyl (C=O) groups is 2. The summed E-state index contributed by atoms with van der Waals surface area (Å²) in [4.78, 5) is 28.7. The minimum absolute atomic E-state index is 0.278. The SMILES string of the molecule is Cc1ccc(N2C(=O)C(SCc3ccccc3)=C(c3ccc(OCC(C)C)cc3)C2=O)cc1. The molecule has 0 atom stereocenters. The quantitative estimate of drug-likeness (QED) is 0.375. The zero-order valence-electron chi connectivity index (χ0n) is 19.1. The van der Waals surface area contributed by atoms with E-state index < -0.39 is 0 Å². The summed E-state index contributed by atoms with van der Waals surface area (Å²) in [6.45, 7) is 6.79. The van der Waals surface area contributed by atoms with Gasteiger partial charge in [0.15, 0.2) is 0 Å². The summed E-state index contributed by atoms with van der Waals surface area (Å²) >= 11 is 1.41. The lowest BCUT2D eigenvalue weighted by Crippen LogP contribution is -2.31. The number of nitrogens with zero attached hydrogens (tertiary/aromatic N) is 1. The van der Waals surface area contributed by atoms with Crippen molar-refractivity contribution in [3.63, 3.8) is 0 Å². The highest BCUT2D eigenvalue weighted by Gasteiger charge is 2.40. The molecule has 0 bridgehead atoms. The Morgan fingerprint density at radius 3 is 2.15 bits per heavy atom. The molecule has 5 heteroatoms. The molecule has 4 nitrogen and oxygen atoms in total. The minimum Gasteiger partial charge on any atom is -0.493 e. The van der Waals surface area contributed by atoms with Crippen LogP contribution in [0.25, 0.3) is 5.57 Å². The van der Waals surface area contributed by atoms with E-state index >= 15 is 0 Å². The van der Waals surface area contributed by atoms with Gasteiger partial charge in [0.2, 0.25) is 0 Å². The number of aryl methyl sites for hydroxylation is 1. The molecule has 0 fully saturated rings. The average molecular weight is 458 g/mol. The number of hydrogen-bond acceptors (Lipinski definition) is 4. The van der Waals surface area contributed by atoms with Crippen molar-refractivity contribution in [2.45, 2.75) is 26.5 Å². The molecular weight excluding hydrogens is 430 g/mol. The van der Waals surface area contributed by atoms with Crippen LogP contribution in [-0.4, -0.2) is 18.4 Å². The van der Waals surface area contributed by atoms with Crippen molar-refractivity contribution in [1.29, 1.82) is 0 Å². The van der Waals surface area contributed by atoms with Crippen LogP contribution >= 0.6 is 11.8 Å².